The van der Waals surface area contributed by atoms with Crippen LogP contribution in [0.3, 0.4) is 0 Å². The van der Waals surface area contributed by atoms with Crippen molar-refractivity contribution in [2.24, 2.45) is 0 Å². The molecular formula is C19H32BrN. The summed E-state index contributed by atoms with van der Waals surface area (Å²) in [5, 5.41) is 0. The molecule has 1 aromatic heterocycles. The van der Waals surface area contributed by atoms with E-state index in [4.69, 9.17) is 0 Å². The fourth-order valence-corrected chi connectivity index (χ4v) is 2.69. The van der Waals surface area contributed by atoms with Gasteiger partial charge in [0, 0.05) is 18.6 Å². The van der Waals surface area contributed by atoms with Gasteiger partial charge in [-0.15, -0.1) is 0 Å². The molecule has 0 aliphatic heterocycles. The van der Waals surface area contributed by atoms with Gasteiger partial charge in [0.25, 0.3) is 0 Å². The first-order valence-electron chi connectivity index (χ1n) is 8.46. The van der Waals surface area contributed by atoms with Crippen molar-refractivity contribution in [3.63, 3.8) is 0 Å². The summed E-state index contributed by atoms with van der Waals surface area (Å²) in [6.45, 7) is 6.25. The average molecular weight is 354 g/mol. The molecule has 0 spiro atoms. The van der Waals surface area contributed by atoms with Crippen molar-refractivity contribution in [1.82, 2.24) is 0 Å². The number of hydrogen-bond acceptors (Lipinski definition) is 0. The van der Waals surface area contributed by atoms with E-state index in [1.807, 2.05) is 0 Å². The van der Waals surface area contributed by atoms with Gasteiger partial charge in [-0.1, -0.05) is 70.9 Å². The highest BCUT2D eigenvalue weighted by atomic mass is 79.9. The minimum Gasteiger partial charge on any atom is -1.00 e. The predicted octanol–water partition coefficient (Wildman–Crippen LogP) is 2.63. The summed E-state index contributed by atoms with van der Waals surface area (Å²) in [5.74, 6) is 0. The van der Waals surface area contributed by atoms with Crippen molar-refractivity contribution in [1.29, 1.82) is 0 Å². The number of hydrogen-bond donors (Lipinski definition) is 0. The average Bonchev–Trinajstić information content (AvgIpc) is 2.50. The minimum absolute atomic E-state index is 0. The van der Waals surface area contributed by atoms with Gasteiger partial charge >= 0.3 is 0 Å². The molecule has 0 radical (unpaired) electrons. The van der Waals surface area contributed by atoms with Crippen LogP contribution in [0.1, 0.15) is 77.2 Å². The summed E-state index contributed by atoms with van der Waals surface area (Å²) >= 11 is 0. The molecule has 0 aliphatic carbocycles. The Morgan fingerprint density at radius 1 is 0.857 bits per heavy atom. The molecule has 1 heterocycles. The molecule has 0 saturated heterocycles. The lowest BCUT2D eigenvalue weighted by atomic mass is 10.0. The van der Waals surface area contributed by atoms with E-state index in [1.165, 1.54) is 64.2 Å². The first-order valence-corrected chi connectivity index (χ1v) is 8.46. The number of aromatic nitrogens is 1. The van der Waals surface area contributed by atoms with E-state index in [2.05, 4.69) is 54.7 Å². The van der Waals surface area contributed by atoms with Crippen molar-refractivity contribution >= 4 is 0 Å². The molecular weight excluding hydrogens is 322 g/mol. The third kappa shape index (κ3) is 9.84. The van der Waals surface area contributed by atoms with Crippen LogP contribution in [0.25, 0.3) is 0 Å². The second-order valence-electron chi connectivity index (χ2n) is 5.74. The van der Waals surface area contributed by atoms with E-state index in [-0.39, 0.29) is 17.0 Å². The van der Waals surface area contributed by atoms with Crippen LogP contribution < -0.4 is 21.5 Å². The molecule has 1 nitrogen and oxygen atoms in total. The summed E-state index contributed by atoms with van der Waals surface area (Å²) in [4.78, 5) is 0. The lowest BCUT2D eigenvalue weighted by Crippen LogP contribution is -3.00. The maximum Gasteiger partial charge on any atom is 0.176 e. The van der Waals surface area contributed by atoms with Crippen molar-refractivity contribution in [2.75, 3.05) is 0 Å². The van der Waals surface area contributed by atoms with E-state index in [9.17, 15) is 0 Å². The van der Waals surface area contributed by atoms with E-state index in [1.54, 1.807) is 0 Å². The van der Waals surface area contributed by atoms with Crippen molar-refractivity contribution in [2.45, 2.75) is 77.2 Å². The summed E-state index contributed by atoms with van der Waals surface area (Å²) < 4.78 is 2.26. The second-order valence-corrected chi connectivity index (χ2v) is 5.74. The smallest absolute Gasteiger partial charge is 0.176 e. The largest absolute Gasteiger partial charge is 1.00 e. The first kappa shape index (κ1) is 20.4. The summed E-state index contributed by atoms with van der Waals surface area (Å²) in [6, 6.07) is 6.70. The van der Waals surface area contributed by atoms with E-state index < -0.39 is 0 Å². The quantitative estimate of drug-likeness (QED) is 0.309. The van der Waals surface area contributed by atoms with Gasteiger partial charge in [-0.3, -0.25) is 0 Å². The maximum absolute atomic E-state index is 3.97. The van der Waals surface area contributed by atoms with Crippen LogP contribution in [0, 0.1) is 0 Å². The molecule has 0 amide bonds. The van der Waals surface area contributed by atoms with E-state index >= 15 is 0 Å². The molecule has 1 atom stereocenters. The molecule has 21 heavy (non-hydrogen) atoms. The van der Waals surface area contributed by atoms with Crippen LogP contribution in [-0.4, -0.2) is 0 Å². The molecule has 0 aliphatic rings. The SMILES string of the molecule is C=CC(CCCCCCCCCCC)[n+]1ccccc1.[Br-]. The van der Waals surface area contributed by atoms with Gasteiger partial charge in [0.1, 0.15) is 0 Å². The zero-order chi connectivity index (χ0) is 14.5. The molecule has 1 unspecified atom stereocenters. The number of unbranched alkanes of at least 4 members (excludes halogenated alkanes) is 8. The second kappa shape index (κ2) is 14.3. The third-order valence-corrected chi connectivity index (χ3v) is 4.00. The standard InChI is InChI=1S/C19H32N.BrH/c1-3-5-6-7-8-9-10-11-13-16-19(4-2)20-17-14-12-15-18-20;/h4,12,14-15,17-19H,2-3,5-11,13,16H2,1H3;1H/q+1;/p-1. The molecule has 0 bridgehead atoms. The number of allylic oxidation sites excluding steroid dienone is 1. The molecule has 120 valence electrons. The number of halogens is 1. The Kier molecular flexibility index (Phi) is 13.9. The van der Waals surface area contributed by atoms with Gasteiger partial charge < -0.3 is 17.0 Å². The van der Waals surface area contributed by atoms with Crippen LogP contribution >= 0.6 is 0 Å². The highest BCUT2D eigenvalue weighted by molar-refractivity contribution is 4.85. The number of rotatable bonds is 12. The monoisotopic (exact) mass is 353 g/mol. The first-order chi connectivity index (χ1) is 9.88. The fourth-order valence-electron chi connectivity index (χ4n) is 2.69. The summed E-state index contributed by atoms with van der Waals surface area (Å²) in [7, 11) is 0. The molecule has 0 N–H and O–H groups in total. The Bertz CT molecular complexity index is 337. The van der Waals surface area contributed by atoms with Gasteiger partial charge in [-0.25, -0.2) is 0 Å². The van der Waals surface area contributed by atoms with Gasteiger partial charge in [0.05, 0.1) is 0 Å². The van der Waals surface area contributed by atoms with Gasteiger partial charge in [0.2, 0.25) is 0 Å². The van der Waals surface area contributed by atoms with Crippen molar-refractivity contribution in [3.05, 3.63) is 43.2 Å². The van der Waals surface area contributed by atoms with E-state index in [0.717, 1.165) is 0 Å². The predicted molar refractivity (Wildman–Crippen MR) is 87.7 cm³/mol. The lowest BCUT2D eigenvalue weighted by molar-refractivity contribution is -0.713. The van der Waals surface area contributed by atoms with Crippen LogP contribution in [-0.2, 0) is 0 Å². The van der Waals surface area contributed by atoms with E-state index in [0.29, 0.717) is 6.04 Å². The zero-order valence-corrected chi connectivity index (χ0v) is 15.2. The molecule has 1 aromatic rings. The normalized spacial score (nSPS) is 11.7. The van der Waals surface area contributed by atoms with Crippen LogP contribution in [0.5, 0.6) is 0 Å². The summed E-state index contributed by atoms with van der Waals surface area (Å²) in [5.41, 5.74) is 0. The molecule has 0 saturated carbocycles. The number of pyridine rings is 1. The Labute approximate surface area is 142 Å². The highest BCUT2D eigenvalue weighted by Crippen LogP contribution is 2.14. The Balaban J connectivity index is 0.00000400. The molecule has 1 rings (SSSR count). The molecule has 0 fully saturated rings. The van der Waals surface area contributed by atoms with Gasteiger partial charge in [0.15, 0.2) is 18.4 Å². The maximum atomic E-state index is 3.97. The van der Waals surface area contributed by atoms with Crippen LogP contribution in [0.15, 0.2) is 43.2 Å². The Morgan fingerprint density at radius 3 is 1.90 bits per heavy atom. The van der Waals surface area contributed by atoms with Gasteiger partial charge in [-0.05, 0) is 12.5 Å². The van der Waals surface area contributed by atoms with Crippen LogP contribution in [0.2, 0.25) is 0 Å². The molecule has 2 heteroatoms. The number of nitrogens with zero attached hydrogens (tertiary/aromatic N) is 1. The topological polar surface area (TPSA) is 3.88 Å². The Morgan fingerprint density at radius 2 is 1.38 bits per heavy atom. The van der Waals surface area contributed by atoms with Crippen LogP contribution in [0.4, 0.5) is 0 Å². The third-order valence-electron chi connectivity index (χ3n) is 4.00. The minimum atomic E-state index is 0. The van der Waals surface area contributed by atoms with Crippen molar-refractivity contribution < 1.29 is 21.5 Å². The van der Waals surface area contributed by atoms with Crippen molar-refractivity contribution in [3.8, 4) is 0 Å². The summed E-state index contributed by atoms with van der Waals surface area (Å²) in [6.07, 6.45) is 20.1. The zero-order valence-electron chi connectivity index (χ0n) is 13.6. The lowest BCUT2D eigenvalue weighted by Gasteiger charge is -2.07. The fraction of sp³-hybridized carbons (Fsp3) is 0.632. The highest BCUT2D eigenvalue weighted by Gasteiger charge is 2.12. The van der Waals surface area contributed by atoms with Gasteiger partial charge in [-0.2, -0.15) is 4.57 Å². The molecule has 0 aromatic carbocycles. The Hall–Kier alpha value is -0.630.